The molecule has 0 aromatic rings. The van der Waals surface area contributed by atoms with Crippen molar-refractivity contribution in [2.24, 2.45) is 0 Å². The topological polar surface area (TPSA) is 233 Å². The molecule has 2 aliphatic heterocycles. The fourth-order valence-corrected chi connectivity index (χ4v) is 3.74. The van der Waals surface area contributed by atoms with Gasteiger partial charge in [-0.15, -0.1) is 0 Å². The summed E-state index contributed by atoms with van der Waals surface area (Å²) in [6, 6.07) is 0. The van der Waals surface area contributed by atoms with Crippen LogP contribution in [0.1, 0.15) is 26.2 Å². The van der Waals surface area contributed by atoms with Gasteiger partial charge in [0, 0.05) is 6.42 Å². The second-order valence-corrected chi connectivity index (χ2v) is 7.83. The van der Waals surface area contributed by atoms with Crippen molar-refractivity contribution in [2.75, 3.05) is 13.2 Å². The van der Waals surface area contributed by atoms with Crippen molar-refractivity contribution >= 4 is 11.9 Å². The van der Waals surface area contributed by atoms with Gasteiger partial charge in [0.15, 0.2) is 0 Å². The maximum Gasteiger partial charge on any atom is 0.377 e. The number of aliphatic carboxylic acids is 2. The van der Waals surface area contributed by atoms with Crippen molar-refractivity contribution in [3.8, 4) is 0 Å². The van der Waals surface area contributed by atoms with Crippen LogP contribution in [0, 0.1) is 0 Å². The summed E-state index contributed by atoms with van der Waals surface area (Å²) in [5, 5.41) is 78.8. The van der Waals surface area contributed by atoms with Crippen LogP contribution in [-0.2, 0) is 28.5 Å². The Labute approximate surface area is 188 Å². The maximum absolute atomic E-state index is 12.1. The average molecular weight is 482 g/mol. The smallest absolute Gasteiger partial charge is 0.377 e. The number of allylic oxidation sites excluding steroid dienone is 1. The molecule has 2 aliphatic rings. The highest BCUT2D eigenvalue weighted by molar-refractivity contribution is 5.77. The fourth-order valence-electron chi connectivity index (χ4n) is 3.74. The Morgan fingerprint density at radius 3 is 2.09 bits per heavy atom. The quantitative estimate of drug-likeness (QED) is 0.144. The summed E-state index contributed by atoms with van der Waals surface area (Å²) in [6.45, 7) is -0.291. The highest BCUT2D eigenvalue weighted by Gasteiger charge is 2.59. The third kappa shape index (κ3) is 5.62. The van der Waals surface area contributed by atoms with E-state index in [1.807, 2.05) is 0 Å². The summed E-state index contributed by atoms with van der Waals surface area (Å²) in [6.07, 6.45) is -10.9. The zero-order chi connectivity index (χ0) is 25.0. The Balaban J connectivity index is 2.44. The van der Waals surface area contributed by atoms with Crippen molar-refractivity contribution in [1.29, 1.82) is 0 Å². The summed E-state index contributed by atoms with van der Waals surface area (Å²) in [5.74, 6) is -8.50. The van der Waals surface area contributed by atoms with Gasteiger partial charge in [0.2, 0.25) is 0 Å². The lowest BCUT2D eigenvalue weighted by molar-refractivity contribution is -0.362. The van der Waals surface area contributed by atoms with Crippen LogP contribution in [0.2, 0.25) is 0 Å². The van der Waals surface area contributed by atoms with E-state index in [0.29, 0.717) is 0 Å². The Morgan fingerprint density at radius 1 is 1.03 bits per heavy atom. The number of hydrogen-bond acceptors (Lipinski definition) is 12. The molecule has 2 heterocycles. The monoisotopic (exact) mass is 482 g/mol. The molecule has 14 heteroatoms. The Kier molecular flexibility index (Phi) is 9.15. The molecule has 190 valence electrons. The summed E-state index contributed by atoms with van der Waals surface area (Å²) in [5.41, 5.74) is 0. The predicted octanol–water partition coefficient (Wildman–Crippen LogP) is -3.12. The summed E-state index contributed by atoms with van der Waals surface area (Å²) < 4.78 is 21.4. The van der Waals surface area contributed by atoms with Crippen LogP contribution in [0.15, 0.2) is 12.3 Å². The van der Waals surface area contributed by atoms with E-state index < -0.39 is 92.3 Å². The van der Waals surface area contributed by atoms with E-state index in [-0.39, 0.29) is 6.42 Å². The van der Waals surface area contributed by atoms with E-state index in [0.717, 1.165) is 6.26 Å². The lowest BCUT2D eigenvalue weighted by atomic mass is 9.91. The van der Waals surface area contributed by atoms with Gasteiger partial charge in [-0.25, -0.2) is 9.59 Å². The molecule has 8 N–H and O–H groups in total. The number of rotatable bonds is 10. The zero-order valence-electron chi connectivity index (χ0n) is 17.8. The van der Waals surface area contributed by atoms with E-state index >= 15 is 0 Å². The van der Waals surface area contributed by atoms with E-state index in [1.54, 1.807) is 0 Å². The van der Waals surface area contributed by atoms with Gasteiger partial charge in [-0.2, -0.15) is 0 Å². The second-order valence-electron chi connectivity index (χ2n) is 7.83. The Hall–Kier alpha value is -1.88. The van der Waals surface area contributed by atoms with Gasteiger partial charge in [-0.1, -0.05) is 6.08 Å². The average Bonchev–Trinajstić information content (AvgIpc) is 2.79. The van der Waals surface area contributed by atoms with E-state index in [2.05, 4.69) is 0 Å². The standard InChI is InChI=1S/C19H30O14/c1-2-5-30-19(17(28)29)6-12(13(25)15(33-19)11(24)8-21)31-18(16(26)27)4-3-9(22)14(32-18)10(23)7-20/h2,5,9-15,20-25H,3-4,6-8H2,1H3,(H,26,27)(H,28,29)/b5-2+/t9-,10-,11-,12-,13-,14+,15-,18-,19-/m1/s1. The van der Waals surface area contributed by atoms with E-state index in [9.17, 15) is 50.4 Å². The van der Waals surface area contributed by atoms with Crippen LogP contribution in [0.25, 0.3) is 0 Å². The molecular weight excluding hydrogens is 452 g/mol. The third-order valence-electron chi connectivity index (χ3n) is 5.51. The van der Waals surface area contributed by atoms with Crippen molar-refractivity contribution < 1.29 is 69.4 Å². The Morgan fingerprint density at radius 2 is 1.58 bits per heavy atom. The first-order chi connectivity index (χ1) is 15.5. The van der Waals surface area contributed by atoms with Gasteiger partial charge in [0.25, 0.3) is 5.79 Å². The van der Waals surface area contributed by atoms with Gasteiger partial charge in [0.1, 0.15) is 30.5 Å². The van der Waals surface area contributed by atoms with Gasteiger partial charge in [-0.05, 0) is 13.3 Å². The van der Waals surface area contributed by atoms with Crippen LogP contribution >= 0.6 is 0 Å². The predicted molar refractivity (Wildman–Crippen MR) is 103 cm³/mol. The number of carboxylic acid groups (broad SMARTS) is 2. The van der Waals surface area contributed by atoms with Crippen molar-refractivity contribution in [3.05, 3.63) is 12.3 Å². The molecule has 0 aromatic heterocycles. The van der Waals surface area contributed by atoms with Crippen LogP contribution in [0.5, 0.6) is 0 Å². The maximum atomic E-state index is 12.1. The lowest BCUT2D eigenvalue weighted by Crippen LogP contribution is -2.66. The number of carbonyl (C=O) groups is 2. The summed E-state index contributed by atoms with van der Waals surface area (Å²) in [7, 11) is 0. The molecule has 0 radical (unpaired) electrons. The van der Waals surface area contributed by atoms with Crippen molar-refractivity contribution in [3.63, 3.8) is 0 Å². The van der Waals surface area contributed by atoms with Crippen molar-refractivity contribution in [2.45, 2.75) is 80.5 Å². The fraction of sp³-hybridized carbons (Fsp3) is 0.789. The van der Waals surface area contributed by atoms with Crippen molar-refractivity contribution in [1.82, 2.24) is 0 Å². The number of hydrogen-bond donors (Lipinski definition) is 8. The SMILES string of the molecule is C/C=C/O[C@]1(C(=O)O)C[C@@H](O[C@]2(C(=O)O)CC[C@@H](O)[C@@H]([C@H](O)CO)O2)[C@@H](O)[C@@H]([C@H](O)CO)O1. The number of carboxylic acids is 2. The first-order valence-electron chi connectivity index (χ1n) is 10.2. The molecule has 14 nitrogen and oxygen atoms in total. The van der Waals surface area contributed by atoms with Crippen LogP contribution in [0.3, 0.4) is 0 Å². The molecule has 9 atom stereocenters. The Bertz CT molecular complexity index is 711. The largest absolute Gasteiger partial charge is 0.477 e. The number of aliphatic hydroxyl groups is 6. The van der Waals surface area contributed by atoms with E-state index in [1.165, 1.54) is 13.0 Å². The normalized spacial score (nSPS) is 39.2. The van der Waals surface area contributed by atoms with Gasteiger partial charge < -0.3 is 59.8 Å². The number of aliphatic hydroxyl groups excluding tert-OH is 6. The van der Waals surface area contributed by atoms with Gasteiger partial charge in [-0.3, -0.25) is 0 Å². The molecule has 2 saturated heterocycles. The number of ether oxygens (including phenoxy) is 4. The van der Waals surface area contributed by atoms with Gasteiger partial charge in [0.05, 0.1) is 38.1 Å². The third-order valence-corrected chi connectivity index (χ3v) is 5.51. The highest BCUT2D eigenvalue weighted by atomic mass is 16.8. The summed E-state index contributed by atoms with van der Waals surface area (Å²) >= 11 is 0. The lowest BCUT2D eigenvalue weighted by Gasteiger charge is -2.48. The minimum Gasteiger partial charge on any atom is -0.477 e. The van der Waals surface area contributed by atoms with Crippen LogP contribution in [0.4, 0.5) is 0 Å². The first kappa shape index (κ1) is 27.4. The molecule has 2 rings (SSSR count). The molecule has 0 unspecified atom stereocenters. The molecule has 2 fully saturated rings. The minimum atomic E-state index is -2.57. The van der Waals surface area contributed by atoms with E-state index in [4.69, 9.17) is 18.9 Å². The van der Waals surface area contributed by atoms with Crippen LogP contribution in [-0.4, -0.2) is 120 Å². The molecule has 0 aromatic carbocycles. The molecule has 0 amide bonds. The molecular formula is C19H30O14. The molecule has 0 bridgehead atoms. The molecule has 33 heavy (non-hydrogen) atoms. The molecule has 0 spiro atoms. The zero-order valence-corrected chi connectivity index (χ0v) is 17.8. The first-order valence-corrected chi connectivity index (χ1v) is 10.2. The second kappa shape index (κ2) is 11.0. The summed E-state index contributed by atoms with van der Waals surface area (Å²) in [4.78, 5) is 24.1. The minimum absolute atomic E-state index is 0.241. The highest BCUT2D eigenvalue weighted by Crippen LogP contribution is 2.40. The molecule has 0 aliphatic carbocycles. The van der Waals surface area contributed by atoms with Gasteiger partial charge >= 0.3 is 17.7 Å². The van der Waals surface area contributed by atoms with Crippen LogP contribution < -0.4 is 0 Å². The molecule has 0 saturated carbocycles.